The molecule has 1 aromatic rings. The van der Waals surface area contributed by atoms with Crippen molar-refractivity contribution < 1.29 is 22.9 Å². The number of ether oxygens (including phenoxy) is 1. The van der Waals surface area contributed by atoms with Gasteiger partial charge in [0.2, 0.25) is 15.9 Å². The normalized spacial score (nSPS) is 20.3. The van der Waals surface area contributed by atoms with E-state index in [-0.39, 0.29) is 35.6 Å². The zero-order chi connectivity index (χ0) is 20.3. The molecule has 1 amide bonds. The van der Waals surface area contributed by atoms with Gasteiger partial charge in [0.05, 0.1) is 16.9 Å². The zero-order valence-electron chi connectivity index (χ0n) is 15.6. The second kappa shape index (κ2) is 8.27. The molecule has 1 heterocycles. The number of rotatable bonds is 6. The maximum Gasteiger partial charge on any atom is 0.312 e. The van der Waals surface area contributed by atoms with Crippen LogP contribution in [0.5, 0.6) is 5.75 Å². The molecule has 1 aliphatic carbocycles. The SMILES string of the molecule is COc1ccc(S(=O)(=O)N2CCN(C(=O)CC3C=CCC3)CC2)cc1[N+](=O)[O-]. The minimum Gasteiger partial charge on any atom is -0.490 e. The highest BCUT2D eigenvalue weighted by Crippen LogP contribution is 2.31. The van der Waals surface area contributed by atoms with Gasteiger partial charge in [-0.2, -0.15) is 4.31 Å². The van der Waals surface area contributed by atoms with E-state index in [9.17, 15) is 23.3 Å². The summed E-state index contributed by atoms with van der Waals surface area (Å²) in [5, 5.41) is 11.2. The lowest BCUT2D eigenvalue weighted by molar-refractivity contribution is -0.386. The summed E-state index contributed by atoms with van der Waals surface area (Å²) in [6, 6.07) is 3.59. The Morgan fingerprint density at radius 1 is 1.29 bits per heavy atom. The number of sulfonamides is 1. The lowest BCUT2D eigenvalue weighted by atomic mass is 10.0. The highest BCUT2D eigenvalue weighted by atomic mass is 32.2. The molecule has 0 N–H and O–H groups in total. The van der Waals surface area contributed by atoms with Crippen LogP contribution in [0.2, 0.25) is 0 Å². The number of benzene rings is 1. The summed E-state index contributed by atoms with van der Waals surface area (Å²) in [5.41, 5.74) is -0.401. The fourth-order valence-corrected chi connectivity index (χ4v) is 4.96. The molecule has 1 saturated heterocycles. The highest BCUT2D eigenvalue weighted by molar-refractivity contribution is 7.89. The predicted octanol–water partition coefficient (Wildman–Crippen LogP) is 1.79. The van der Waals surface area contributed by atoms with Gasteiger partial charge >= 0.3 is 5.69 Å². The largest absolute Gasteiger partial charge is 0.490 e. The Labute approximate surface area is 163 Å². The minimum atomic E-state index is -3.89. The molecule has 1 fully saturated rings. The molecule has 10 heteroatoms. The van der Waals surface area contributed by atoms with E-state index in [1.165, 1.54) is 23.5 Å². The Morgan fingerprint density at radius 3 is 2.57 bits per heavy atom. The van der Waals surface area contributed by atoms with Crippen molar-refractivity contribution in [3.63, 3.8) is 0 Å². The Kier molecular flexibility index (Phi) is 5.99. The summed E-state index contributed by atoms with van der Waals surface area (Å²) in [7, 11) is -2.60. The summed E-state index contributed by atoms with van der Waals surface area (Å²) >= 11 is 0. The van der Waals surface area contributed by atoms with Crippen LogP contribution in [-0.4, -0.2) is 61.7 Å². The summed E-state index contributed by atoms with van der Waals surface area (Å²) in [4.78, 5) is 24.4. The van der Waals surface area contributed by atoms with E-state index in [4.69, 9.17) is 4.74 Å². The number of nitro groups is 1. The molecule has 3 rings (SSSR count). The van der Waals surface area contributed by atoms with Crippen LogP contribution in [0.1, 0.15) is 19.3 Å². The maximum absolute atomic E-state index is 12.9. The van der Waals surface area contributed by atoms with Crippen molar-refractivity contribution in [2.24, 2.45) is 5.92 Å². The predicted molar refractivity (Wildman–Crippen MR) is 101 cm³/mol. The summed E-state index contributed by atoms with van der Waals surface area (Å²) in [6.07, 6.45) is 6.58. The Bertz CT molecular complexity index is 891. The maximum atomic E-state index is 12.9. The molecule has 152 valence electrons. The van der Waals surface area contributed by atoms with Crippen molar-refractivity contribution in [3.8, 4) is 5.75 Å². The van der Waals surface area contributed by atoms with Gasteiger partial charge in [0.25, 0.3) is 0 Å². The number of carbonyl (C=O) groups excluding carboxylic acids is 1. The van der Waals surface area contributed by atoms with Crippen molar-refractivity contribution in [1.29, 1.82) is 0 Å². The number of hydrogen-bond acceptors (Lipinski definition) is 6. The average molecular weight is 409 g/mol. The second-order valence-corrected chi connectivity index (χ2v) is 8.78. The van der Waals surface area contributed by atoms with E-state index in [2.05, 4.69) is 12.2 Å². The van der Waals surface area contributed by atoms with Crippen LogP contribution in [0.3, 0.4) is 0 Å². The van der Waals surface area contributed by atoms with Gasteiger partial charge in [0.15, 0.2) is 5.75 Å². The van der Waals surface area contributed by atoms with Crippen molar-refractivity contribution in [2.45, 2.75) is 24.2 Å². The van der Waals surface area contributed by atoms with Crippen molar-refractivity contribution >= 4 is 21.6 Å². The van der Waals surface area contributed by atoms with E-state index in [1.807, 2.05) is 0 Å². The highest BCUT2D eigenvalue weighted by Gasteiger charge is 2.32. The number of hydrogen-bond donors (Lipinski definition) is 0. The van der Waals surface area contributed by atoms with Crippen LogP contribution in [0, 0.1) is 16.0 Å². The lowest BCUT2D eigenvalue weighted by Gasteiger charge is -2.34. The molecule has 1 unspecified atom stereocenters. The number of nitro benzene ring substituents is 1. The second-order valence-electron chi connectivity index (χ2n) is 6.85. The van der Waals surface area contributed by atoms with Crippen LogP contribution >= 0.6 is 0 Å². The molecular formula is C18H23N3O6S. The number of carbonyl (C=O) groups is 1. The average Bonchev–Trinajstić information content (AvgIpc) is 3.20. The number of allylic oxidation sites excluding steroid dienone is 2. The quantitative estimate of drug-likeness (QED) is 0.402. The first kappa shape index (κ1) is 20.3. The molecule has 1 aromatic carbocycles. The van der Waals surface area contributed by atoms with Gasteiger partial charge in [-0.15, -0.1) is 0 Å². The Morgan fingerprint density at radius 2 is 2.00 bits per heavy atom. The van der Waals surface area contributed by atoms with E-state index in [1.54, 1.807) is 4.90 Å². The van der Waals surface area contributed by atoms with Gasteiger partial charge in [-0.05, 0) is 30.9 Å². The molecule has 1 atom stereocenters. The van der Waals surface area contributed by atoms with Crippen LogP contribution in [0.4, 0.5) is 5.69 Å². The third kappa shape index (κ3) is 4.17. The first-order chi connectivity index (χ1) is 13.3. The summed E-state index contributed by atoms with van der Waals surface area (Å²) in [6.45, 7) is 0.947. The Balaban J connectivity index is 1.67. The van der Waals surface area contributed by atoms with Gasteiger partial charge in [0, 0.05) is 38.7 Å². The zero-order valence-corrected chi connectivity index (χ0v) is 16.4. The van der Waals surface area contributed by atoms with Crippen LogP contribution in [0.15, 0.2) is 35.2 Å². The number of methoxy groups -OCH3 is 1. The minimum absolute atomic E-state index is 0.000304. The van der Waals surface area contributed by atoms with E-state index in [0.29, 0.717) is 19.5 Å². The van der Waals surface area contributed by atoms with Crippen molar-refractivity contribution in [3.05, 3.63) is 40.5 Å². The first-order valence-electron chi connectivity index (χ1n) is 9.10. The fourth-order valence-electron chi connectivity index (χ4n) is 3.52. The van der Waals surface area contributed by atoms with E-state index in [0.717, 1.165) is 18.9 Å². The molecule has 0 saturated carbocycles. The third-order valence-electron chi connectivity index (χ3n) is 5.13. The molecule has 2 aliphatic rings. The Hall–Kier alpha value is -2.46. The number of nitrogens with zero attached hydrogens (tertiary/aromatic N) is 3. The summed E-state index contributed by atoms with van der Waals surface area (Å²) < 4.78 is 31.9. The third-order valence-corrected chi connectivity index (χ3v) is 7.02. The van der Waals surface area contributed by atoms with E-state index < -0.39 is 20.6 Å². The van der Waals surface area contributed by atoms with Gasteiger partial charge in [-0.25, -0.2) is 8.42 Å². The molecule has 1 aliphatic heterocycles. The molecular weight excluding hydrogens is 386 g/mol. The van der Waals surface area contributed by atoms with Crippen LogP contribution in [0.25, 0.3) is 0 Å². The number of piperazine rings is 1. The molecule has 0 bridgehead atoms. The van der Waals surface area contributed by atoms with Crippen LogP contribution in [-0.2, 0) is 14.8 Å². The standard InChI is InChI=1S/C18H23N3O6S/c1-27-17-7-6-15(13-16(17)21(23)24)28(25,26)20-10-8-19(9-11-20)18(22)12-14-4-2-3-5-14/h2,4,6-7,13-14H,3,5,8-12H2,1H3. The van der Waals surface area contributed by atoms with Gasteiger partial charge in [0.1, 0.15) is 0 Å². The van der Waals surface area contributed by atoms with Crippen molar-refractivity contribution in [1.82, 2.24) is 9.21 Å². The number of amides is 1. The van der Waals surface area contributed by atoms with E-state index >= 15 is 0 Å². The molecule has 0 radical (unpaired) electrons. The molecule has 28 heavy (non-hydrogen) atoms. The first-order valence-corrected chi connectivity index (χ1v) is 10.5. The molecule has 0 spiro atoms. The molecule has 9 nitrogen and oxygen atoms in total. The van der Waals surface area contributed by atoms with Gasteiger partial charge in [-0.1, -0.05) is 12.2 Å². The summed E-state index contributed by atoms with van der Waals surface area (Å²) in [5.74, 6) is 0.308. The van der Waals surface area contributed by atoms with Gasteiger partial charge in [-0.3, -0.25) is 14.9 Å². The lowest BCUT2D eigenvalue weighted by Crippen LogP contribution is -2.50. The van der Waals surface area contributed by atoms with Crippen molar-refractivity contribution in [2.75, 3.05) is 33.3 Å². The van der Waals surface area contributed by atoms with Crippen LogP contribution < -0.4 is 4.74 Å². The molecule has 0 aromatic heterocycles. The topological polar surface area (TPSA) is 110 Å². The monoisotopic (exact) mass is 409 g/mol. The smallest absolute Gasteiger partial charge is 0.312 e. The fraction of sp³-hybridized carbons (Fsp3) is 0.500. The van der Waals surface area contributed by atoms with Gasteiger partial charge < -0.3 is 9.64 Å².